The Labute approximate surface area is 84.8 Å². The lowest BCUT2D eigenvalue weighted by atomic mass is 9.85. The Morgan fingerprint density at radius 2 is 2.00 bits per heavy atom. The highest BCUT2D eigenvalue weighted by Gasteiger charge is 2.63. The van der Waals surface area contributed by atoms with Crippen molar-refractivity contribution in [2.75, 3.05) is 0 Å². The number of aliphatic hydroxyl groups is 1. The molecule has 0 heterocycles. The monoisotopic (exact) mass is 188 g/mol. The molecule has 0 radical (unpaired) electrons. The summed E-state index contributed by atoms with van der Waals surface area (Å²) < 4.78 is 0. The van der Waals surface area contributed by atoms with Crippen LogP contribution >= 0.6 is 0 Å². The van der Waals surface area contributed by atoms with E-state index in [1.165, 1.54) is 12.0 Å². The second-order valence-corrected chi connectivity index (χ2v) is 5.08. The van der Waals surface area contributed by atoms with E-state index in [4.69, 9.17) is 0 Å². The van der Waals surface area contributed by atoms with Crippen LogP contribution in [0.1, 0.15) is 31.2 Å². The predicted octanol–water partition coefficient (Wildman–Crippen LogP) is 2.56. The molecular formula is C13H16O. The van der Waals surface area contributed by atoms with E-state index >= 15 is 0 Å². The minimum atomic E-state index is -0.0507. The van der Waals surface area contributed by atoms with Crippen molar-refractivity contribution in [1.82, 2.24) is 0 Å². The highest BCUT2D eigenvalue weighted by molar-refractivity contribution is 5.29. The lowest BCUT2D eigenvalue weighted by Crippen LogP contribution is -2.08. The summed E-state index contributed by atoms with van der Waals surface area (Å²) in [6.45, 7) is 2.32. The van der Waals surface area contributed by atoms with Crippen LogP contribution < -0.4 is 0 Å². The molecule has 1 aromatic carbocycles. The molecule has 4 atom stereocenters. The molecule has 3 rings (SSSR count). The summed E-state index contributed by atoms with van der Waals surface area (Å²) >= 11 is 0. The molecule has 1 aromatic rings. The van der Waals surface area contributed by atoms with Crippen LogP contribution in [0.4, 0.5) is 0 Å². The Balaban J connectivity index is 1.94. The minimum absolute atomic E-state index is 0.0507. The first kappa shape index (κ1) is 8.49. The maximum atomic E-state index is 9.84. The highest BCUT2D eigenvalue weighted by atomic mass is 16.3. The van der Waals surface area contributed by atoms with E-state index in [0.717, 1.165) is 6.42 Å². The van der Waals surface area contributed by atoms with Crippen molar-refractivity contribution in [2.45, 2.75) is 31.8 Å². The summed E-state index contributed by atoms with van der Waals surface area (Å²) in [6.07, 6.45) is 2.13. The summed E-state index contributed by atoms with van der Waals surface area (Å²) in [4.78, 5) is 0. The standard InChI is InChI=1S/C13H16O/c1-13-8-11(13)12(14)7-10(13)9-5-3-2-4-6-9/h2-6,10-12,14H,7-8H2,1H3. The van der Waals surface area contributed by atoms with Crippen LogP contribution in [0, 0.1) is 11.3 Å². The number of hydrogen-bond donors (Lipinski definition) is 1. The molecule has 0 spiro atoms. The third kappa shape index (κ3) is 0.992. The average Bonchev–Trinajstić information content (AvgIpc) is 2.83. The average molecular weight is 188 g/mol. The van der Waals surface area contributed by atoms with E-state index in [-0.39, 0.29) is 6.10 Å². The van der Waals surface area contributed by atoms with Gasteiger partial charge >= 0.3 is 0 Å². The Kier molecular flexibility index (Phi) is 1.58. The largest absolute Gasteiger partial charge is 0.393 e. The highest BCUT2D eigenvalue weighted by Crippen LogP contribution is 2.69. The fourth-order valence-corrected chi connectivity index (χ4v) is 3.27. The SMILES string of the molecule is CC12CC1C(O)CC2c1ccccc1. The fourth-order valence-electron chi connectivity index (χ4n) is 3.27. The van der Waals surface area contributed by atoms with Crippen LogP contribution in [0.3, 0.4) is 0 Å². The molecule has 2 saturated carbocycles. The molecule has 0 saturated heterocycles. The van der Waals surface area contributed by atoms with Crippen molar-refractivity contribution in [2.24, 2.45) is 11.3 Å². The molecule has 14 heavy (non-hydrogen) atoms. The van der Waals surface area contributed by atoms with Crippen LogP contribution in [0.15, 0.2) is 30.3 Å². The van der Waals surface area contributed by atoms with Crippen molar-refractivity contribution in [3.63, 3.8) is 0 Å². The maximum Gasteiger partial charge on any atom is 0.0580 e. The Morgan fingerprint density at radius 1 is 1.29 bits per heavy atom. The summed E-state index contributed by atoms with van der Waals surface area (Å²) in [5.41, 5.74) is 1.81. The molecule has 74 valence electrons. The van der Waals surface area contributed by atoms with Gasteiger partial charge in [0.2, 0.25) is 0 Å². The first-order chi connectivity index (χ1) is 6.72. The summed E-state index contributed by atoms with van der Waals surface area (Å²) in [5, 5.41) is 9.84. The zero-order valence-corrected chi connectivity index (χ0v) is 8.48. The number of fused-ring (bicyclic) bond motifs is 1. The van der Waals surface area contributed by atoms with E-state index in [2.05, 4.69) is 37.3 Å². The van der Waals surface area contributed by atoms with Crippen molar-refractivity contribution >= 4 is 0 Å². The molecule has 1 N–H and O–H groups in total. The first-order valence-electron chi connectivity index (χ1n) is 5.45. The van der Waals surface area contributed by atoms with Gasteiger partial charge in [-0.3, -0.25) is 0 Å². The lowest BCUT2D eigenvalue weighted by molar-refractivity contribution is 0.156. The predicted molar refractivity (Wildman–Crippen MR) is 56.0 cm³/mol. The van der Waals surface area contributed by atoms with Gasteiger partial charge in [-0.25, -0.2) is 0 Å². The summed E-state index contributed by atoms with van der Waals surface area (Å²) in [7, 11) is 0. The third-order valence-corrected chi connectivity index (χ3v) is 4.29. The van der Waals surface area contributed by atoms with Gasteiger partial charge in [0.1, 0.15) is 0 Å². The van der Waals surface area contributed by atoms with Gasteiger partial charge < -0.3 is 5.11 Å². The Hall–Kier alpha value is -0.820. The van der Waals surface area contributed by atoms with Gasteiger partial charge in [-0.15, -0.1) is 0 Å². The van der Waals surface area contributed by atoms with Gasteiger partial charge in [-0.2, -0.15) is 0 Å². The van der Waals surface area contributed by atoms with E-state index in [9.17, 15) is 5.11 Å². The summed E-state index contributed by atoms with van der Waals surface area (Å²) in [5.74, 6) is 1.16. The van der Waals surface area contributed by atoms with Gasteiger partial charge in [0.15, 0.2) is 0 Å². The van der Waals surface area contributed by atoms with Crippen LogP contribution in [0.2, 0.25) is 0 Å². The fraction of sp³-hybridized carbons (Fsp3) is 0.538. The zero-order valence-electron chi connectivity index (χ0n) is 8.48. The second kappa shape index (κ2) is 2.60. The minimum Gasteiger partial charge on any atom is -0.393 e. The van der Waals surface area contributed by atoms with E-state index in [1.807, 2.05) is 0 Å². The molecule has 2 fully saturated rings. The van der Waals surface area contributed by atoms with Crippen molar-refractivity contribution in [3.05, 3.63) is 35.9 Å². The molecular weight excluding hydrogens is 172 g/mol. The normalized spacial score (nSPS) is 44.9. The quantitative estimate of drug-likeness (QED) is 0.718. The second-order valence-electron chi connectivity index (χ2n) is 5.08. The number of rotatable bonds is 1. The van der Waals surface area contributed by atoms with Crippen LogP contribution in [0.25, 0.3) is 0 Å². The smallest absolute Gasteiger partial charge is 0.0580 e. The molecule has 4 unspecified atom stereocenters. The van der Waals surface area contributed by atoms with Crippen molar-refractivity contribution < 1.29 is 5.11 Å². The molecule has 0 bridgehead atoms. The number of benzene rings is 1. The van der Waals surface area contributed by atoms with Crippen LogP contribution in [-0.4, -0.2) is 11.2 Å². The molecule has 0 aliphatic heterocycles. The molecule has 1 nitrogen and oxygen atoms in total. The van der Waals surface area contributed by atoms with Gasteiger partial charge in [0, 0.05) is 0 Å². The molecule has 2 aliphatic rings. The van der Waals surface area contributed by atoms with E-state index in [1.54, 1.807) is 0 Å². The first-order valence-corrected chi connectivity index (χ1v) is 5.45. The molecule has 2 aliphatic carbocycles. The third-order valence-electron chi connectivity index (χ3n) is 4.29. The number of hydrogen-bond acceptors (Lipinski definition) is 1. The number of aliphatic hydroxyl groups excluding tert-OH is 1. The Bertz CT molecular complexity index is 346. The zero-order chi connectivity index (χ0) is 9.76. The van der Waals surface area contributed by atoms with Gasteiger partial charge in [0.05, 0.1) is 6.10 Å². The van der Waals surface area contributed by atoms with Crippen molar-refractivity contribution in [1.29, 1.82) is 0 Å². The van der Waals surface area contributed by atoms with Crippen LogP contribution in [0.5, 0.6) is 0 Å². The molecule has 0 amide bonds. The van der Waals surface area contributed by atoms with E-state index < -0.39 is 0 Å². The Morgan fingerprint density at radius 3 is 2.50 bits per heavy atom. The lowest BCUT2D eigenvalue weighted by Gasteiger charge is -2.19. The molecule has 0 aromatic heterocycles. The van der Waals surface area contributed by atoms with E-state index in [0.29, 0.717) is 17.3 Å². The van der Waals surface area contributed by atoms with Gasteiger partial charge in [-0.1, -0.05) is 37.3 Å². The van der Waals surface area contributed by atoms with Gasteiger partial charge in [0.25, 0.3) is 0 Å². The van der Waals surface area contributed by atoms with Crippen LogP contribution in [-0.2, 0) is 0 Å². The van der Waals surface area contributed by atoms with Gasteiger partial charge in [-0.05, 0) is 35.7 Å². The summed E-state index contributed by atoms with van der Waals surface area (Å²) in [6, 6.07) is 10.6. The molecule has 1 heteroatoms. The van der Waals surface area contributed by atoms with Crippen molar-refractivity contribution in [3.8, 4) is 0 Å². The topological polar surface area (TPSA) is 20.2 Å². The maximum absolute atomic E-state index is 9.84.